The van der Waals surface area contributed by atoms with Gasteiger partial charge in [0.2, 0.25) is 5.91 Å². The molecule has 0 aliphatic heterocycles. The number of carbonyl (C=O) groups excluding carboxylic acids is 1. The number of carbonyl (C=O) groups is 1. The molecule has 0 atom stereocenters. The summed E-state index contributed by atoms with van der Waals surface area (Å²) in [4.78, 5) is 9.75. The van der Waals surface area contributed by atoms with Gasteiger partial charge in [0.25, 0.3) is 0 Å². The molecule has 0 saturated carbocycles. The molecule has 1 amide bonds. The summed E-state index contributed by atoms with van der Waals surface area (Å²) in [7, 11) is 0. The smallest absolute Gasteiger partial charge is 0.221 e. The monoisotopic (exact) mass is 85.1 g/mol. The van der Waals surface area contributed by atoms with Gasteiger partial charge in [-0.05, 0) is 0 Å². The first-order valence-electron chi connectivity index (χ1n) is 1.66. The van der Waals surface area contributed by atoms with Crippen molar-refractivity contribution in [2.75, 3.05) is 0 Å². The first-order valence-corrected chi connectivity index (χ1v) is 1.66. The van der Waals surface area contributed by atoms with Gasteiger partial charge in [-0.1, -0.05) is 6.08 Å². The van der Waals surface area contributed by atoms with E-state index < -0.39 is 0 Å². The van der Waals surface area contributed by atoms with Crippen LogP contribution in [0.15, 0.2) is 12.7 Å². The minimum atomic E-state index is -0.329. The third kappa shape index (κ3) is 3.21. The molecule has 0 saturated heterocycles. The number of hydrogen-bond donors (Lipinski definition) is 1. The number of amides is 1. The molecular weight excluding hydrogens is 78.0 g/mol. The maximum atomic E-state index is 9.75. The van der Waals surface area contributed by atoms with Crippen molar-refractivity contribution in [3.8, 4) is 0 Å². The second kappa shape index (κ2) is 2.45. The van der Waals surface area contributed by atoms with Crippen LogP contribution in [0.3, 0.4) is 0 Å². The van der Waals surface area contributed by atoms with Crippen LogP contribution in [0.2, 0.25) is 0 Å². The minimum Gasteiger partial charge on any atom is -0.369 e. The summed E-state index contributed by atoms with van der Waals surface area (Å²) < 4.78 is 0. The highest BCUT2D eigenvalue weighted by Gasteiger charge is 1.80. The highest BCUT2D eigenvalue weighted by atomic mass is 16.1. The standard InChI is InChI=1S/C4H7NO/c1-2-3-4(5)6/h2H,1,3H2,(H2,5,6). The first-order chi connectivity index (χ1) is 2.77. The molecule has 2 N–H and O–H groups in total. The van der Waals surface area contributed by atoms with Crippen molar-refractivity contribution < 1.29 is 4.79 Å². The van der Waals surface area contributed by atoms with Crippen LogP contribution in [0.5, 0.6) is 0 Å². The van der Waals surface area contributed by atoms with Crippen LogP contribution in [0.4, 0.5) is 0 Å². The van der Waals surface area contributed by atoms with E-state index in [1.807, 2.05) is 0 Å². The van der Waals surface area contributed by atoms with Crippen molar-refractivity contribution in [3.63, 3.8) is 0 Å². The molecule has 0 aromatic carbocycles. The summed E-state index contributed by atoms with van der Waals surface area (Å²) in [6.45, 7) is 3.30. The fraction of sp³-hybridized carbons (Fsp3) is 0.250. The van der Waals surface area contributed by atoms with E-state index in [0.29, 0.717) is 0 Å². The molecule has 0 unspecified atom stereocenters. The van der Waals surface area contributed by atoms with Gasteiger partial charge in [-0.3, -0.25) is 4.79 Å². The molecule has 0 fully saturated rings. The normalized spacial score (nSPS) is 7.33. The zero-order valence-electron chi connectivity index (χ0n) is 3.48. The fourth-order valence-corrected chi connectivity index (χ4v) is 0.142. The number of nitrogens with two attached hydrogens (primary N) is 1. The first kappa shape index (κ1) is 5.21. The largest absolute Gasteiger partial charge is 0.369 e. The lowest BCUT2D eigenvalue weighted by molar-refractivity contribution is -0.117. The van der Waals surface area contributed by atoms with E-state index in [0.717, 1.165) is 0 Å². The summed E-state index contributed by atoms with van der Waals surface area (Å²) in [6, 6.07) is 0. The number of primary amides is 1. The zero-order chi connectivity index (χ0) is 4.99. The molecule has 0 aromatic heterocycles. The molecule has 0 radical (unpaired) electrons. The van der Waals surface area contributed by atoms with E-state index in [1.54, 1.807) is 0 Å². The van der Waals surface area contributed by atoms with Gasteiger partial charge in [0.15, 0.2) is 0 Å². The van der Waals surface area contributed by atoms with Crippen LogP contribution in [0, 0.1) is 0 Å². The third-order valence-corrected chi connectivity index (χ3v) is 0.346. The number of hydrogen-bond acceptors (Lipinski definition) is 1. The van der Waals surface area contributed by atoms with E-state index in [1.165, 1.54) is 6.08 Å². The summed E-state index contributed by atoms with van der Waals surface area (Å²) in [6.07, 6.45) is 1.75. The van der Waals surface area contributed by atoms with Crippen molar-refractivity contribution in [3.05, 3.63) is 12.7 Å². The Bertz CT molecular complexity index is 67.9. The second-order valence-electron chi connectivity index (χ2n) is 0.959. The highest BCUT2D eigenvalue weighted by molar-refractivity contribution is 5.75. The molecule has 34 valence electrons. The molecule has 0 aliphatic rings. The van der Waals surface area contributed by atoms with Crippen LogP contribution >= 0.6 is 0 Å². The van der Waals surface area contributed by atoms with Gasteiger partial charge in [0, 0.05) is 6.42 Å². The minimum absolute atomic E-state index is 0.278. The third-order valence-electron chi connectivity index (χ3n) is 0.346. The SMILES string of the molecule is C=CCC(N)=O. The van der Waals surface area contributed by atoms with Crippen molar-refractivity contribution >= 4 is 5.91 Å². The van der Waals surface area contributed by atoms with Gasteiger partial charge in [-0.25, -0.2) is 0 Å². The van der Waals surface area contributed by atoms with E-state index in [-0.39, 0.29) is 12.3 Å². The van der Waals surface area contributed by atoms with E-state index in [4.69, 9.17) is 5.73 Å². The highest BCUT2D eigenvalue weighted by Crippen LogP contribution is 1.71. The molecule has 0 aliphatic carbocycles. The topological polar surface area (TPSA) is 43.1 Å². The lowest BCUT2D eigenvalue weighted by Gasteiger charge is -1.76. The second-order valence-corrected chi connectivity index (χ2v) is 0.959. The maximum absolute atomic E-state index is 9.75. The molecule has 2 nitrogen and oxygen atoms in total. The quantitative estimate of drug-likeness (QED) is 0.473. The van der Waals surface area contributed by atoms with Crippen molar-refractivity contribution in [2.24, 2.45) is 5.73 Å². The Morgan fingerprint density at radius 3 is 2.50 bits per heavy atom. The van der Waals surface area contributed by atoms with Crippen molar-refractivity contribution in [1.82, 2.24) is 0 Å². The molecule has 0 heterocycles. The molecule has 2 heteroatoms. The molecule has 0 spiro atoms. The summed E-state index contributed by atoms with van der Waals surface area (Å²) >= 11 is 0. The Labute approximate surface area is 36.6 Å². The molecule has 0 aromatic rings. The van der Waals surface area contributed by atoms with E-state index in [2.05, 4.69) is 6.58 Å². The average Bonchev–Trinajstić information content (AvgIpc) is 1.35. The Kier molecular flexibility index (Phi) is 2.13. The van der Waals surface area contributed by atoms with Gasteiger partial charge >= 0.3 is 0 Å². The Hall–Kier alpha value is -0.790. The zero-order valence-corrected chi connectivity index (χ0v) is 3.48. The van der Waals surface area contributed by atoms with Gasteiger partial charge < -0.3 is 5.73 Å². The van der Waals surface area contributed by atoms with Crippen molar-refractivity contribution in [2.45, 2.75) is 6.42 Å². The maximum Gasteiger partial charge on any atom is 0.221 e. The summed E-state index contributed by atoms with van der Waals surface area (Å²) in [5, 5.41) is 0. The van der Waals surface area contributed by atoms with E-state index in [9.17, 15) is 4.79 Å². The number of rotatable bonds is 2. The van der Waals surface area contributed by atoms with Gasteiger partial charge in [0.1, 0.15) is 0 Å². The van der Waals surface area contributed by atoms with Gasteiger partial charge in [-0.2, -0.15) is 0 Å². The van der Waals surface area contributed by atoms with E-state index >= 15 is 0 Å². The fourth-order valence-electron chi connectivity index (χ4n) is 0.142. The van der Waals surface area contributed by atoms with Crippen LogP contribution in [0.25, 0.3) is 0 Å². The molecule has 0 rings (SSSR count). The van der Waals surface area contributed by atoms with Crippen molar-refractivity contribution in [1.29, 1.82) is 0 Å². The summed E-state index contributed by atoms with van der Waals surface area (Å²) in [5.41, 5.74) is 4.69. The van der Waals surface area contributed by atoms with Gasteiger partial charge in [0.05, 0.1) is 0 Å². The van der Waals surface area contributed by atoms with Crippen LogP contribution in [-0.4, -0.2) is 5.91 Å². The average molecular weight is 85.1 g/mol. The Balaban J connectivity index is 3.05. The Morgan fingerprint density at radius 2 is 2.50 bits per heavy atom. The predicted octanol–water partition coefficient (Wildman–Crippen LogP) is 0.0478. The summed E-state index contributed by atoms with van der Waals surface area (Å²) in [5.74, 6) is -0.329. The molecular formula is C4H7NO. The lowest BCUT2D eigenvalue weighted by atomic mass is 10.4. The van der Waals surface area contributed by atoms with Crippen LogP contribution in [-0.2, 0) is 4.79 Å². The molecule has 6 heavy (non-hydrogen) atoms. The van der Waals surface area contributed by atoms with Crippen LogP contribution in [0.1, 0.15) is 6.42 Å². The lowest BCUT2D eigenvalue weighted by Crippen LogP contribution is -2.07. The predicted molar refractivity (Wildman–Crippen MR) is 24.0 cm³/mol. The molecule has 0 bridgehead atoms. The Morgan fingerprint density at radius 1 is 2.00 bits per heavy atom. The van der Waals surface area contributed by atoms with Crippen LogP contribution < -0.4 is 5.73 Å². The van der Waals surface area contributed by atoms with Gasteiger partial charge in [-0.15, -0.1) is 6.58 Å².